The van der Waals surface area contributed by atoms with Gasteiger partial charge in [0.05, 0.1) is 6.20 Å². The molecule has 94 valence electrons. The summed E-state index contributed by atoms with van der Waals surface area (Å²) in [6, 6.07) is 14.1. The number of hydrogen-bond donors (Lipinski definition) is 0. The molecule has 0 unspecified atom stereocenters. The van der Waals surface area contributed by atoms with Gasteiger partial charge in [-0.15, -0.1) is 0 Å². The highest BCUT2D eigenvalue weighted by atomic mass is 16.5. The molecule has 18 heavy (non-hydrogen) atoms. The number of rotatable bonds is 3. The first kappa shape index (κ1) is 12.6. The van der Waals surface area contributed by atoms with Crippen molar-refractivity contribution >= 4 is 0 Å². The Labute approximate surface area is 109 Å². The topological polar surface area (TPSA) is 22.1 Å². The van der Waals surface area contributed by atoms with E-state index in [0.717, 1.165) is 17.0 Å². The van der Waals surface area contributed by atoms with Crippen molar-refractivity contribution < 1.29 is 4.74 Å². The third-order valence-electron chi connectivity index (χ3n) is 2.75. The minimum Gasteiger partial charge on any atom is -0.487 e. The fourth-order valence-corrected chi connectivity index (χ4v) is 1.65. The Morgan fingerprint density at radius 1 is 1.00 bits per heavy atom. The molecular formula is C16H19NO. The highest BCUT2D eigenvalue weighted by Crippen LogP contribution is 2.21. The highest BCUT2D eigenvalue weighted by molar-refractivity contribution is 5.24. The van der Waals surface area contributed by atoms with Gasteiger partial charge in [-0.05, 0) is 17.7 Å². The van der Waals surface area contributed by atoms with Crippen molar-refractivity contribution in [2.75, 3.05) is 0 Å². The molecule has 1 aromatic heterocycles. The molecule has 0 spiro atoms. The van der Waals surface area contributed by atoms with E-state index in [1.165, 1.54) is 0 Å². The summed E-state index contributed by atoms with van der Waals surface area (Å²) in [7, 11) is 0. The van der Waals surface area contributed by atoms with Crippen molar-refractivity contribution in [2.24, 2.45) is 0 Å². The fraction of sp³-hybridized carbons (Fsp3) is 0.312. The molecule has 1 heterocycles. The van der Waals surface area contributed by atoms with E-state index in [9.17, 15) is 0 Å². The summed E-state index contributed by atoms with van der Waals surface area (Å²) < 4.78 is 5.70. The first-order valence-corrected chi connectivity index (χ1v) is 6.19. The van der Waals surface area contributed by atoms with Crippen LogP contribution < -0.4 is 4.74 Å². The minimum atomic E-state index is 0.0813. The third kappa shape index (κ3) is 3.33. The second kappa shape index (κ2) is 5.21. The van der Waals surface area contributed by atoms with E-state index in [1.54, 1.807) is 6.20 Å². The zero-order chi connectivity index (χ0) is 13.0. The van der Waals surface area contributed by atoms with E-state index in [1.807, 2.05) is 30.3 Å². The molecule has 0 radical (unpaired) electrons. The van der Waals surface area contributed by atoms with E-state index >= 15 is 0 Å². The van der Waals surface area contributed by atoms with Crippen molar-refractivity contribution in [1.82, 2.24) is 4.98 Å². The monoisotopic (exact) mass is 241 g/mol. The summed E-state index contributed by atoms with van der Waals surface area (Å²) in [5.74, 6) is 0.812. The molecule has 0 amide bonds. The van der Waals surface area contributed by atoms with Crippen LogP contribution in [0.25, 0.3) is 0 Å². The van der Waals surface area contributed by atoms with Gasteiger partial charge in [-0.25, -0.2) is 0 Å². The summed E-state index contributed by atoms with van der Waals surface area (Å²) in [6.07, 6.45) is 1.80. The molecule has 2 aromatic rings. The molecule has 0 aliphatic heterocycles. The summed E-state index contributed by atoms with van der Waals surface area (Å²) in [5.41, 5.74) is 2.32. The van der Waals surface area contributed by atoms with Crippen LogP contribution >= 0.6 is 0 Å². The number of pyridine rings is 1. The summed E-state index contributed by atoms with van der Waals surface area (Å²) in [4.78, 5) is 4.44. The Morgan fingerprint density at radius 2 is 1.72 bits per heavy atom. The SMILES string of the molecule is CC(C)(C)c1ccc(OCc2ccccc2)cn1. The van der Waals surface area contributed by atoms with Crippen LogP contribution in [0.4, 0.5) is 0 Å². The maximum absolute atomic E-state index is 5.70. The van der Waals surface area contributed by atoms with Crippen LogP contribution in [-0.2, 0) is 12.0 Å². The summed E-state index contributed by atoms with van der Waals surface area (Å²) >= 11 is 0. The molecule has 0 aliphatic carbocycles. The Morgan fingerprint density at radius 3 is 2.28 bits per heavy atom. The Kier molecular flexibility index (Phi) is 3.66. The van der Waals surface area contributed by atoms with Crippen LogP contribution in [0.2, 0.25) is 0 Å². The molecule has 0 saturated heterocycles. The molecule has 0 bridgehead atoms. The van der Waals surface area contributed by atoms with Gasteiger partial charge in [-0.1, -0.05) is 51.1 Å². The van der Waals surface area contributed by atoms with Gasteiger partial charge in [0.25, 0.3) is 0 Å². The zero-order valence-corrected chi connectivity index (χ0v) is 11.2. The van der Waals surface area contributed by atoms with E-state index < -0.39 is 0 Å². The number of benzene rings is 1. The number of hydrogen-bond acceptors (Lipinski definition) is 2. The van der Waals surface area contributed by atoms with Crippen molar-refractivity contribution in [1.29, 1.82) is 0 Å². The summed E-state index contributed by atoms with van der Waals surface area (Å²) in [5, 5.41) is 0. The average Bonchev–Trinajstić information content (AvgIpc) is 2.37. The minimum absolute atomic E-state index is 0.0813. The van der Waals surface area contributed by atoms with Gasteiger partial charge in [0.15, 0.2) is 0 Å². The molecule has 0 saturated carbocycles. The molecule has 0 N–H and O–H groups in total. The molecule has 0 fully saturated rings. The number of aromatic nitrogens is 1. The van der Waals surface area contributed by atoms with Crippen molar-refractivity contribution in [3.05, 3.63) is 59.9 Å². The zero-order valence-electron chi connectivity index (χ0n) is 11.2. The van der Waals surface area contributed by atoms with E-state index in [-0.39, 0.29) is 5.41 Å². The lowest BCUT2D eigenvalue weighted by Gasteiger charge is -2.17. The molecule has 2 nitrogen and oxygen atoms in total. The Balaban J connectivity index is 1.99. The van der Waals surface area contributed by atoms with Crippen molar-refractivity contribution in [3.63, 3.8) is 0 Å². The quantitative estimate of drug-likeness (QED) is 0.811. The number of ether oxygens (including phenoxy) is 1. The highest BCUT2D eigenvalue weighted by Gasteiger charge is 2.14. The van der Waals surface area contributed by atoms with Gasteiger partial charge in [-0.3, -0.25) is 4.98 Å². The maximum atomic E-state index is 5.70. The van der Waals surface area contributed by atoms with Gasteiger partial charge >= 0.3 is 0 Å². The molecule has 2 rings (SSSR count). The number of nitrogens with zero attached hydrogens (tertiary/aromatic N) is 1. The smallest absolute Gasteiger partial charge is 0.138 e. The lowest BCUT2D eigenvalue weighted by atomic mass is 9.92. The summed E-state index contributed by atoms with van der Waals surface area (Å²) in [6.45, 7) is 7.04. The normalized spacial score (nSPS) is 11.3. The molecule has 2 heteroatoms. The Bertz CT molecular complexity index is 483. The lowest BCUT2D eigenvalue weighted by molar-refractivity contribution is 0.304. The largest absolute Gasteiger partial charge is 0.487 e. The lowest BCUT2D eigenvalue weighted by Crippen LogP contribution is -2.13. The third-order valence-corrected chi connectivity index (χ3v) is 2.75. The van der Waals surface area contributed by atoms with Crippen LogP contribution in [0.15, 0.2) is 48.7 Å². The van der Waals surface area contributed by atoms with Gasteiger partial charge in [0.2, 0.25) is 0 Å². The maximum Gasteiger partial charge on any atom is 0.138 e. The second-order valence-electron chi connectivity index (χ2n) is 5.40. The van der Waals surface area contributed by atoms with Crippen LogP contribution in [0, 0.1) is 0 Å². The van der Waals surface area contributed by atoms with Crippen LogP contribution in [-0.4, -0.2) is 4.98 Å². The van der Waals surface area contributed by atoms with Crippen LogP contribution in [0.5, 0.6) is 5.75 Å². The van der Waals surface area contributed by atoms with E-state index in [2.05, 4.69) is 37.9 Å². The first-order valence-electron chi connectivity index (χ1n) is 6.19. The van der Waals surface area contributed by atoms with Gasteiger partial charge in [0, 0.05) is 11.1 Å². The predicted molar refractivity (Wildman–Crippen MR) is 73.7 cm³/mol. The molecule has 0 aliphatic rings. The van der Waals surface area contributed by atoms with Crippen LogP contribution in [0.1, 0.15) is 32.0 Å². The van der Waals surface area contributed by atoms with Gasteiger partial charge in [-0.2, -0.15) is 0 Å². The fourth-order valence-electron chi connectivity index (χ4n) is 1.65. The van der Waals surface area contributed by atoms with E-state index in [4.69, 9.17) is 4.74 Å². The predicted octanol–water partition coefficient (Wildman–Crippen LogP) is 3.96. The molecule has 0 atom stereocenters. The van der Waals surface area contributed by atoms with Gasteiger partial charge in [0.1, 0.15) is 12.4 Å². The van der Waals surface area contributed by atoms with Gasteiger partial charge < -0.3 is 4.74 Å². The van der Waals surface area contributed by atoms with Crippen molar-refractivity contribution in [2.45, 2.75) is 32.8 Å². The molecular weight excluding hydrogens is 222 g/mol. The molecule has 1 aromatic carbocycles. The standard InChI is InChI=1S/C16H19NO/c1-16(2,3)15-10-9-14(11-17-15)18-12-13-7-5-4-6-8-13/h4-11H,12H2,1-3H3. The average molecular weight is 241 g/mol. The first-order chi connectivity index (χ1) is 8.55. The van der Waals surface area contributed by atoms with Crippen LogP contribution in [0.3, 0.4) is 0 Å². The van der Waals surface area contributed by atoms with E-state index in [0.29, 0.717) is 6.61 Å². The second-order valence-corrected chi connectivity index (χ2v) is 5.40. The Hall–Kier alpha value is -1.83. The van der Waals surface area contributed by atoms with Crippen molar-refractivity contribution in [3.8, 4) is 5.75 Å².